The van der Waals surface area contributed by atoms with Gasteiger partial charge in [-0.1, -0.05) is 17.7 Å². The molecule has 1 fully saturated rings. The van der Waals surface area contributed by atoms with Crippen LogP contribution < -0.4 is 0 Å². The molecule has 3 rings (SSSR count). The molecule has 0 aliphatic carbocycles. The molecule has 7 heteroatoms. The van der Waals surface area contributed by atoms with Gasteiger partial charge >= 0.3 is 10.1 Å². The van der Waals surface area contributed by atoms with Crippen LogP contribution in [0.1, 0.15) is 5.56 Å². The molecule has 0 unspecified atom stereocenters. The third-order valence-electron chi connectivity index (χ3n) is 3.01. The molecular formula is C13H12O6S. The van der Waals surface area contributed by atoms with E-state index in [4.69, 9.17) is 13.7 Å². The van der Waals surface area contributed by atoms with E-state index in [1.54, 1.807) is 12.1 Å². The number of carbonyl (C=O) groups excluding carboxylic acids is 1. The van der Waals surface area contributed by atoms with Crippen LogP contribution in [0.5, 0.6) is 0 Å². The van der Waals surface area contributed by atoms with Gasteiger partial charge in [0, 0.05) is 0 Å². The normalized spacial score (nSPS) is 25.4. The number of benzene rings is 1. The molecule has 106 valence electrons. The van der Waals surface area contributed by atoms with Crippen molar-refractivity contribution in [3.63, 3.8) is 0 Å². The minimum atomic E-state index is -4.03. The number of fused-ring (bicyclic) bond motifs is 2. The van der Waals surface area contributed by atoms with Gasteiger partial charge in [0.1, 0.15) is 11.0 Å². The summed E-state index contributed by atoms with van der Waals surface area (Å²) in [6.45, 7) is 2.06. The number of aryl methyl sites for hydroxylation is 1. The predicted molar refractivity (Wildman–Crippen MR) is 67.2 cm³/mol. The number of carbonyl (C=O) groups is 1. The van der Waals surface area contributed by atoms with Crippen LogP contribution in [0.15, 0.2) is 41.0 Å². The highest BCUT2D eigenvalue weighted by molar-refractivity contribution is 7.86. The summed E-state index contributed by atoms with van der Waals surface area (Å²) in [5.41, 5.74) is 0.928. The van der Waals surface area contributed by atoms with Crippen molar-refractivity contribution in [2.45, 2.75) is 24.2 Å². The SMILES string of the molecule is Cc1ccc(S(=O)(=O)OC2=C[C@H]3CO[C@H](O3)C2=O)cc1. The first-order valence-electron chi connectivity index (χ1n) is 6.00. The van der Waals surface area contributed by atoms with Gasteiger partial charge in [0.15, 0.2) is 5.76 Å². The molecule has 2 atom stereocenters. The zero-order valence-corrected chi connectivity index (χ0v) is 11.4. The Morgan fingerprint density at radius 1 is 1.25 bits per heavy atom. The average Bonchev–Trinajstić information content (AvgIpc) is 2.80. The highest BCUT2D eigenvalue weighted by atomic mass is 32.2. The highest BCUT2D eigenvalue weighted by Crippen LogP contribution is 2.26. The van der Waals surface area contributed by atoms with Gasteiger partial charge in [-0.3, -0.25) is 4.79 Å². The molecule has 2 aliphatic heterocycles. The predicted octanol–water partition coefficient (Wildman–Crippen LogP) is 0.908. The van der Waals surface area contributed by atoms with Crippen molar-refractivity contribution < 1.29 is 26.9 Å². The number of hydrogen-bond acceptors (Lipinski definition) is 6. The third-order valence-corrected chi connectivity index (χ3v) is 4.26. The highest BCUT2D eigenvalue weighted by Gasteiger charge is 2.40. The van der Waals surface area contributed by atoms with Crippen molar-refractivity contribution in [3.8, 4) is 0 Å². The Balaban J connectivity index is 1.87. The summed E-state index contributed by atoms with van der Waals surface area (Å²) in [5, 5.41) is 0. The van der Waals surface area contributed by atoms with Gasteiger partial charge in [0.05, 0.1) is 6.61 Å². The molecule has 1 aromatic carbocycles. The van der Waals surface area contributed by atoms with Gasteiger partial charge in [-0.25, -0.2) is 0 Å². The summed E-state index contributed by atoms with van der Waals surface area (Å²) >= 11 is 0. The van der Waals surface area contributed by atoms with Crippen LogP contribution in [0.2, 0.25) is 0 Å². The molecule has 0 amide bonds. The summed E-state index contributed by atoms with van der Waals surface area (Å²) in [4.78, 5) is 11.8. The van der Waals surface area contributed by atoms with Crippen LogP contribution >= 0.6 is 0 Å². The van der Waals surface area contributed by atoms with Gasteiger partial charge in [-0.2, -0.15) is 8.42 Å². The van der Waals surface area contributed by atoms with Crippen molar-refractivity contribution in [1.82, 2.24) is 0 Å². The zero-order valence-electron chi connectivity index (χ0n) is 10.6. The Labute approximate surface area is 116 Å². The Hall–Kier alpha value is -1.70. The van der Waals surface area contributed by atoms with Gasteiger partial charge in [0.2, 0.25) is 6.29 Å². The summed E-state index contributed by atoms with van der Waals surface area (Å²) in [5.74, 6) is -0.862. The first-order chi connectivity index (χ1) is 9.45. The molecule has 1 aromatic rings. The first kappa shape index (κ1) is 13.3. The van der Waals surface area contributed by atoms with E-state index in [0.717, 1.165) is 5.56 Å². The van der Waals surface area contributed by atoms with Crippen LogP contribution in [-0.4, -0.2) is 33.2 Å². The maximum atomic E-state index is 12.1. The molecule has 0 radical (unpaired) electrons. The van der Waals surface area contributed by atoms with Crippen molar-refractivity contribution in [3.05, 3.63) is 41.7 Å². The van der Waals surface area contributed by atoms with Crippen LogP contribution in [-0.2, 0) is 28.6 Å². The minimum absolute atomic E-state index is 0.00319. The average molecular weight is 296 g/mol. The Morgan fingerprint density at radius 2 is 1.95 bits per heavy atom. The van der Waals surface area contributed by atoms with E-state index in [9.17, 15) is 13.2 Å². The molecular weight excluding hydrogens is 284 g/mol. The second-order valence-corrected chi connectivity index (χ2v) is 6.13. The Bertz CT molecular complexity index is 673. The standard InChI is InChI=1S/C13H12O6S/c1-8-2-4-10(5-3-8)20(15,16)19-11-6-9-7-17-13(18-9)12(11)14/h2-6,9,13H,7H2,1H3/t9-,13+/m0/s1. The van der Waals surface area contributed by atoms with Gasteiger partial charge in [-0.15, -0.1) is 0 Å². The third kappa shape index (κ3) is 2.35. The number of Topliss-reactive ketones (excluding diaryl/α,β-unsaturated/α-hetero) is 1. The lowest BCUT2D eigenvalue weighted by molar-refractivity contribution is -0.145. The van der Waals surface area contributed by atoms with Gasteiger partial charge in [-0.05, 0) is 25.1 Å². The fraction of sp³-hybridized carbons (Fsp3) is 0.308. The lowest BCUT2D eigenvalue weighted by Crippen LogP contribution is -2.30. The number of ether oxygens (including phenoxy) is 2. The molecule has 0 spiro atoms. The second-order valence-electron chi connectivity index (χ2n) is 4.59. The van der Waals surface area contributed by atoms with Crippen molar-refractivity contribution >= 4 is 15.9 Å². The summed E-state index contributed by atoms with van der Waals surface area (Å²) in [6.07, 6.45) is -0.175. The molecule has 6 nitrogen and oxygen atoms in total. The van der Waals surface area contributed by atoms with Crippen LogP contribution in [0.25, 0.3) is 0 Å². The maximum Gasteiger partial charge on any atom is 0.339 e. The minimum Gasteiger partial charge on any atom is -0.375 e. The van der Waals surface area contributed by atoms with E-state index in [-0.39, 0.29) is 17.3 Å². The van der Waals surface area contributed by atoms with Crippen LogP contribution in [0.4, 0.5) is 0 Å². The quantitative estimate of drug-likeness (QED) is 0.771. The van der Waals surface area contributed by atoms with Gasteiger partial charge < -0.3 is 13.7 Å². The first-order valence-corrected chi connectivity index (χ1v) is 7.41. The fourth-order valence-electron chi connectivity index (χ4n) is 1.95. The Kier molecular flexibility index (Phi) is 3.12. The van der Waals surface area contributed by atoms with Gasteiger partial charge in [0.25, 0.3) is 5.78 Å². The topological polar surface area (TPSA) is 78.9 Å². The van der Waals surface area contributed by atoms with E-state index < -0.39 is 28.3 Å². The summed E-state index contributed by atoms with van der Waals surface area (Å²) < 4.78 is 39.3. The largest absolute Gasteiger partial charge is 0.375 e. The van der Waals surface area contributed by atoms with E-state index in [0.29, 0.717) is 0 Å². The molecule has 1 saturated heterocycles. The molecule has 2 bridgehead atoms. The summed E-state index contributed by atoms with van der Waals surface area (Å²) in [7, 11) is -4.03. The van der Waals surface area contributed by atoms with Crippen molar-refractivity contribution in [2.75, 3.05) is 6.61 Å². The lowest BCUT2D eigenvalue weighted by atomic mass is 10.2. The smallest absolute Gasteiger partial charge is 0.339 e. The molecule has 20 heavy (non-hydrogen) atoms. The van der Waals surface area contributed by atoms with E-state index in [1.165, 1.54) is 18.2 Å². The summed E-state index contributed by atoms with van der Waals surface area (Å²) in [6, 6.07) is 6.17. The molecule has 0 saturated carbocycles. The number of rotatable bonds is 3. The van der Waals surface area contributed by atoms with E-state index in [1.807, 2.05) is 6.92 Å². The van der Waals surface area contributed by atoms with E-state index in [2.05, 4.69) is 0 Å². The molecule has 2 aliphatic rings. The van der Waals surface area contributed by atoms with E-state index >= 15 is 0 Å². The van der Waals surface area contributed by atoms with Crippen molar-refractivity contribution in [2.24, 2.45) is 0 Å². The second kappa shape index (κ2) is 4.69. The monoisotopic (exact) mass is 296 g/mol. The molecule has 0 aromatic heterocycles. The van der Waals surface area contributed by atoms with Crippen LogP contribution in [0, 0.1) is 6.92 Å². The van der Waals surface area contributed by atoms with Crippen LogP contribution in [0.3, 0.4) is 0 Å². The van der Waals surface area contributed by atoms with Crippen molar-refractivity contribution in [1.29, 1.82) is 0 Å². The zero-order chi connectivity index (χ0) is 14.3. The lowest BCUT2D eigenvalue weighted by Gasteiger charge is -2.17. The number of ketones is 1. The Morgan fingerprint density at radius 3 is 2.65 bits per heavy atom. The number of hydrogen-bond donors (Lipinski definition) is 0. The molecule has 2 heterocycles. The maximum absolute atomic E-state index is 12.1. The molecule has 0 N–H and O–H groups in total. The fourth-order valence-corrected chi connectivity index (χ4v) is 2.89.